The van der Waals surface area contributed by atoms with Crippen molar-refractivity contribution < 1.29 is 13.2 Å². The molecular weight excluding hydrogens is 320 g/mol. The zero-order chi connectivity index (χ0) is 14.0. The van der Waals surface area contributed by atoms with Crippen LogP contribution in [0.5, 0.6) is 5.75 Å². The SMILES string of the molecule is COc1ccc(S(=O)(=O)NCC(C)(C)N)cc1Br. The number of rotatable bonds is 5. The van der Waals surface area contributed by atoms with E-state index in [1.807, 2.05) is 0 Å². The Kier molecular flexibility index (Phi) is 4.77. The first-order valence-corrected chi connectivity index (χ1v) is 7.55. The summed E-state index contributed by atoms with van der Waals surface area (Å²) in [7, 11) is -2.04. The van der Waals surface area contributed by atoms with E-state index in [1.54, 1.807) is 19.9 Å². The van der Waals surface area contributed by atoms with Gasteiger partial charge in [-0.15, -0.1) is 0 Å². The fourth-order valence-corrected chi connectivity index (χ4v) is 3.12. The van der Waals surface area contributed by atoms with Gasteiger partial charge in [-0.25, -0.2) is 13.1 Å². The van der Waals surface area contributed by atoms with Gasteiger partial charge in [0.1, 0.15) is 5.75 Å². The van der Waals surface area contributed by atoms with Crippen LogP contribution in [0.25, 0.3) is 0 Å². The number of methoxy groups -OCH3 is 1. The van der Waals surface area contributed by atoms with E-state index in [9.17, 15) is 8.42 Å². The van der Waals surface area contributed by atoms with Crippen molar-refractivity contribution in [1.82, 2.24) is 4.72 Å². The van der Waals surface area contributed by atoms with Crippen molar-refractivity contribution in [3.8, 4) is 5.75 Å². The summed E-state index contributed by atoms with van der Waals surface area (Å²) in [6.07, 6.45) is 0. The molecule has 0 aliphatic heterocycles. The second kappa shape index (κ2) is 5.56. The van der Waals surface area contributed by atoms with E-state index in [2.05, 4.69) is 20.7 Å². The molecule has 0 amide bonds. The first-order valence-electron chi connectivity index (χ1n) is 5.28. The third kappa shape index (κ3) is 4.24. The number of benzene rings is 1. The van der Waals surface area contributed by atoms with Gasteiger partial charge in [0, 0.05) is 12.1 Å². The molecule has 0 aliphatic rings. The van der Waals surface area contributed by atoms with Gasteiger partial charge in [-0.2, -0.15) is 0 Å². The van der Waals surface area contributed by atoms with Crippen LogP contribution in [0, 0.1) is 0 Å². The van der Waals surface area contributed by atoms with Gasteiger partial charge >= 0.3 is 0 Å². The van der Waals surface area contributed by atoms with Gasteiger partial charge in [-0.1, -0.05) is 0 Å². The summed E-state index contributed by atoms with van der Waals surface area (Å²) in [4.78, 5) is 0.166. The quantitative estimate of drug-likeness (QED) is 0.853. The fraction of sp³-hybridized carbons (Fsp3) is 0.455. The summed E-state index contributed by atoms with van der Waals surface area (Å²) in [6, 6.07) is 4.56. The predicted molar refractivity (Wildman–Crippen MR) is 74.1 cm³/mol. The third-order valence-electron chi connectivity index (χ3n) is 2.15. The second-order valence-corrected chi connectivity index (χ2v) is 7.23. The first kappa shape index (κ1) is 15.4. The van der Waals surface area contributed by atoms with E-state index in [-0.39, 0.29) is 11.4 Å². The van der Waals surface area contributed by atoms with Crippen molar-refractivity contribution in [2.24, 2.45) is 5.73 Å². The van der Waals surface area contributed by atoms with Gasteiger partial charge in [0.2, 0.25) is 10.0 Å². The van der Waals surface area contributed by atoms with Crippen LogP contribution in [-0.4, -0.2) is 27.6 Å². The minimum atomic E-state index is -3.56. The average Bonchev–Trinajstić information content (AvgIpc) is 2.25. The Morgan fingerprint density at radius 2 is 2.06 bits per heavy atom. The molecule has 0 saturated heterocycles. The van der Waals surface area contributed by atoms with Crippen molar-refractivity contribution in [3.63, 3.8) is 0 Å². The minimum Gasteiger partial charge on any atom is -0.496 e. The summed E-state index contributed by atoms with van der Waals surface area (Å²) < 4.78 is 32.1. The van der Waals surface area contributed by atoms with Gasteiger partial charge in [-0.3, -0.25) is 0 Å². The Hall–Kier alpha value is -0.630. The minimum absolute atomic E-state index is 0.166. The van der Waals surface area contributed by atoms with Gasteiger partial charge in [-0.05, 0) is 48.0 Å². The molecule has 1 aromatic carbocycles. The van der Waals surface area contributed by atoms with E-state index in [1.165, 1.54) is 19.2 Å². The predicted octanol–water partition coefficient (Wildman–Crippen LogP) is 1.47. The highest BCUT2D eigenvalue weighted by molar-refractivity contribution is 9.10. The van der Waals surface area contributed by atoms with Crippen molar-refractivity contribution >= 4 is 26.0 Å². The molecule has 0 saturated carbocycles. The standard InChI is InChI=1S/C11H17BrN2O3S/c1-11(2,13)7-14-18(15,16)8-4-5-10(17-3)9(12)6-8/h4-6,14H,7,13H2,1-3H3. The molecule has 0 aliphatic carbocycles. The molecule has 18 heavy (non-hydrogen) atoms. The Bertz CT molecular complexity index is 524. The Morgan fingerprint density at radius 1 is 1.44 bits per heavy atom. The summed E-state index contributed by atoms with van der Waals surface area (Å²) in [5.41, 5.74) is 5.14. The maximum atomic E-state index is 12.0. The highest BCUT2D eigenvalue weighted by Gasteiger charge is 2.19. The van der Waals surface area contributed by atoms with Crippen LogP contribution in [0.4, 0.5) is 0 Å². The van der Waals surface area contributed by atoms with Gasteiger partial charge < -0.3 is 10.5 Å². The topological polar surface area (TPSA) is 81.4 Å². The Balaban J connectivity index is 2.96. The molecule has 0 atom stereocenters. The second-order valence-electron chi connectivity index (χ2n) is 4.61. The largest absolute Gasteiger partial charge is 0.496 e. The van der Waals surface area contributed by atoms with Crippen LogP contribution in [0.15, 0.2) is 27.6 Å². The molecule has 0 unspecified atom stereocenters. The van der Waals surface area contributed by atoms with E-state index in [0.29, 0.717) is 10.2 Å². The van der Waals surface area contributed by atoms with Gasteiger partial charge in [0.15, 0.2) is 0 Å². The Labute approximate surface area is 116 Å². The molecule has 0 bridgehead atoms. The maximum absolute atomic E-state index is 12.0. The van der Waals surface area contributed by atoms with Gasteiger partial charge in [0.25, 0.3) is 0 Å². The molecule has 3 N–H and O–H groups in total. The molecule has 5 nitrogen and oxygen atoms in total. The molecular formula is C11H17BrN2O3S. The number of sulfonamides is 1. The van der Waals surface area contributed by atoms with Crippen LogP contribution in [-0.2, 0) is 10.0 Å². The summed E-state index contributed by atoms with van der Waals surface area (Å²) in [5.74, 6) is 0.577. The smallest absolute Gasteiger partial charge is 0.240 e. The van der Waals surface area contributed by atoms with Gasteiger partial charge in [0.05, 0.1) is 16.5 Å². The zero-order valence-corrected chi connectivity index (χ0v) is 12.9. The molecule has 7 heteroatoms. The van der Waals surface area contributed by atoms with Crippen LogP contribution in [0.3, 0.4) is 0 Å². The molecule has 0 heterocycles. The van der Waals surface area contributed by atoms with Crippen LogP contribution < -0.4 is 15.2 Å². The van der Waals surface area contributed by atoms with Crippen molar-refractivity contribution in [2.45, 2.75) is 24.3 Å². The number of halogens is 1. The fourth-order valence-electron chi connectivity index (χ4n) is 1.18. The normalized spacial score (nSPS) is 12.5. The third-order valence-corrected chi connectivity index (χ3v) is 4.17. The molecule has 0 aromatic heterocycles. The molecule has 0 fully saturated rings. The van der Waals surface area contributed by atoms with E-state index in [4.69, 9.17) is 10.5 Å². The average molecular weight is 337 g/mol. The first-order chi connectivity index (χ1) is 8.15. The summed E-state index contributed by atoms with van der Waals surface area (Å²) >= 11 is 3.25. The monoisotopic (exact) mass is 336 g/mol. The summed E-state index contributed by atoms with van der Waals surface area (Å²) in [6.45, 7) is 3.66. The van der Waals surface area contributed by atoms with E-state index in [0.717, 1.165) is 0 Å². The van der Waals surface area contributed by atoms with Crippen LogP contribution in [0.1, 0.15) is 13.8 Å². The number of ether oxygens (including phenoxy) is 1. The lowest BCUT2D eigenvalue weighted by atomic mass is 10.1. The molecule has 1 aromatic rings. The Morgan fingerprint density at radius 3 is 2.50 bits per heavy atom. The lowest BCUT2D eigenvalue weighted by molar-refractivity contribution is 0.411. The lowest BCUT2D eigenvalue weighted by Gasteiger charge is -2.19. The number of nitrogens with one attached hydrogen (secondary N) is 1. The highest BCUT2D eigenvalue weighted by atomic mass is 79.9. The molecule has 1 rings (SSSR count). The zero-order valence-electron chi connectivity index (χ0n) is 10.5. The van der Waals surface area contributed by atoms with Crippen molar-refractivity contribution in [2.75, 3.05) is 13.7 Å². The molecule has 102 valence electrons. The molecule has 0 spiro atoms. The molecule has 0 radical (unpaired) electrons. The number of nitrogens with two attached hydrogens (primary N) is 1. The highest BCUT2D eigenvalue weighted by Crippen LogP contribution is 2.27. The van der Waals surface area contributed by atoms with Crippen molar-refractivity contribution in [1.29, 1.82) is 0 Å². The van der Waals surface area contributed by atoms with Crippen LogP contribution in [0.2, 0.25) is 0 Å². The van der Waals surface area contributed by atoms with E-state index < -0.39 is 15.6 Å². The number of hydrogen-bond donors (Lipinski definition) is 2. The number of hydrogen-bond acceptors (Lipinski definition) is 4. The lowest BCUT2D eigenvalue weighted by Crippen LogP contribution is -2.45. The summed E-state index contributed by atoms with van der Waals surface area (Å²) in [5, 5.41) is 0. The van der Waals surface area contributed by atoms with Crippen molar-refractivity contribution in [3.05, 3.63) is 22.7 Å². The van der Waals surface area contributed by atoms with Crippen LogP contribution >= 0.6 is 15.9 Å². The maximum Gasteiger partial charge on any atom is 0.240 e. The van der Waals surface area contributed by atoms with E-state index >= 15 is 0 Å².